The van der Waals surface area contributed by atoms with Crippen LogP contribution in [0.25, 0.3) is 11.5 Å². The van der Waals surface area contributed by atoms with Crippen molar-refractivity contribution in [2.75, 3.05) is 19.7 Å². The Kier molecular flexibility index (Phi) is 9.00. The second kappa shape index (κ2) is 12.6. The van der Waals surface area contributed by atoms with Crippen molar-refractivity contribution in [3.05, 3.63) is 29.7 Å². The van der Waals surface area contributed by atoms with E-state index in [-0.39, 0.29) is 34.9 Å². The van der Waals surface area contributed by atoms with Crippen LogP contribution in [-0.4, -0.2) is 66.5 Å². The van der Waals surface area contributed by atoms with Crippen molar-refractivity contribution in [3.63, 3.8) is 0 Å². The summed E-state index contributed by atoms with van der Waals surface area (Å²) in [5.41, 5.74) is -1.79. The number of hydrogen-bond donors (Lipinski definition) is 3. The monoisotopic (exact) mass is 620 g/mol. The van der Waals surface area contributed by atoms with Crippen molar-refractivity contribution < 1.29 is 46.5 Å². The molecular weight excluding hydrogens is 582 g/mol. The Labute approximate surface area is 253 Å². The zero-order valence-corrected chi connectivity index (χ0v) is 25.2. The van der Waals surface area contributed by atoms with Crippen molar-refractivity contribution in [2.24, 2.45) is 5.92 Å². The fraction of sp³-hybridized carbons (Fsp3) is 0.600. The first kappa shape index (κ1) is 31.5. The Bertz CT molecular complexity index is 1380. The summed E-state index contributed by atoms with van der Waals surface area (Å²) in [5.74, 6) is -0.225. The molecule has 1 saturated heterocycles. The lowest BCUT2D eigenvalue weighted by atomic mass is 10.0. The summed E-state index contributed by atoms with van der Waals surface area (Å²) in [5, 5.41) is 8.48. The SMILES string of the molecule is C[C@H](NC(=O)OC(C)(C)C)c1oc(-c2ccc(OC(F)F)c(OCC3CC3)c2)nc1C(=O)C1(NC(=O)O[C@@H]2CCNC2)CC1. The van der Waals surface area contributed by atoms with Crippen molar-refractivity contribution in [1.29, 1.82) is 0 Å². The molecule has 0 unspecified atom stereocenters. The summed E-state index contributed by atoms with van der Waals surface area (Å²) >= 11 is 0. The molecule has 14 heteroatoms. The molecule has 0 spiro atoms. The minimum absolute atomic E-state index is 0.0172. The van der Waals surface area contributed by atoms with Crippen LogP contribution in [0.1, 0.15) is 82.1 Å². The highest BCUT2D eigenvalue weighted by atomic mass is 19.3. The lowest BCUT2D eigenvalue weighted by Gasteiger charge is -2.22. The molecule has 5 rings (SSSR count). The van der Waals surface area contributed by atoms with E-state index in [1.54, 1.807) is 27.7 Å². The zero-order valence-electron chi connectivity index (χ0n) is 25.2. The predicted molar refractivity (Wildman–Crippen MR) is 152 cm³/mol. The molecule has 2 saturated carbocycles. The highest BCUT2D eigenvalue weighted by molar-refractivity contribution is 6.06. The Balaban J connectivity index is 1.44. The van der Waals surface area contributed by atoms with Gasteiger partial charge in [0.2, 0.25) is 11.7 Å². The third-order valence-corrected chi connectivity index (χ3v) is 7.39. The van der Waals surface area contributed by atoms with Crippen LogP contribution in [0.5, 0.6) is 11.5 Å². The van der Waals surface area contributed by atoms with E-state index in [2.05, 4.69) is 25.7 Å². The number of alkyl halides is 2. The Morgan fingerprint density at radius 1 is 1.14 bits per heavy atom. The minimum Gasteiger partial charge on any atom is -0.489 e. The van der Waals surface area contributed by atoms with Crippen LogP contribution in [0.2, 0.25) is 0 Å². The van der Waals surface area contributed by atoms with Crippen LogP contribution < -0.4 is 25.4 Å². The molecule has 2 aromatic rings. The molecule has 1 aromatic heterocycles. The number of aromatic nitrogens is 1. The maximum absolute atomic E-state index is 13.9. The first-order chi connectivity index (χ1) is 20.8. The molecule has 3 fully saturated rings. The van der Waals surface area contributed by atoms with Crippen molar-refractivity contribution >= 4 is 18.0 Å². The summed E-state index contributed by atoms with van der Waals surface area (Å²) < 4.78 is 53.4. The molecule has 2 aliphatic carbocycles. The predicted octanol–water partition coefficient (Wildman–Crippen LogP) is 5.12. The van der Waals surface area contributed by atoms with E-state index < -0.39 is 41.8 Å². The van der Waals surface area contributed by atoms with Gasteiger partial charge in [0.25, 0.3) is 0 Å². The van der Waals surface area contributed by atoms with Crippen LogP contribution >= 0.6 is 0 Å². The molecule has 0 radical (unpaired) electrons. The summed E-state index contributed by atoms with van der Waals surface area (Å²) in [6.45, 7) is 5.29. The molecule has 0 bridgehead atoms. The van der Waals surface area contributed by atoms with Crippen molar-refractivity contribution in [3.8, 4) is 23.0 Å². The summed E-state index contributed by atoms with van der Waals surface area (Å²) in [6, 6.07) is 3.35. The normalized spacial score (nSPS) is 19.7. The summed E-state index contributed by atoms with van der Waals surface area (Å²) in [7, 11) is 0. The average Bonchev–Trinajstić information content (AvgIpc) is 3.81. The Hall–Kier alpha value is -3.94. The van der Waals surface area contributed by atoms with Crippen LogP contribution in [0.15, 0.2) is 22.6 Å². The van der Waals surface area contributed by atoms with Gasteiger partial charge in [-0.05, 0) is 90.5 Å². The van der Waals surface area contributed by atoms with E-state index in [0.717, 1.165) is 19.4 Å². The number of oxazole rings is 1. The standard InChI is InChI=1S/C30H38F2N4O8/c1-16(34-27(38)44-29(2,3)4)23-22(24(37)30(10-11-30)36-28(39)41-19-9-12-33-14-19)35-25(43-23)18-7-8-20(42-26(31)32)21(13-18)40-15-17-5-6-17/h7-8,13,16-17,19,26,33H,5-6,9-12,14-15H2,1-4H3,(H,34,38)(H,36,39)/t16-,19+/m0/s1. The molecule has 2 atom stereocenters. The van der Waals surface area contributed by atoms with Gasteiger partial charge in [0, 0.05) is 12.1 Å². The maximum atomic E-state index is 13.9. The molecule has 3 aliphatic rings. The first-order valence-corrected chi connectivity index (χ1v) is 14.8. The van der Waals surface area contributed by atoms with Gasteiger partial charge in [0.15, 0.2) is 23.0 Å². The Morgan fingerprint density at radius 2 is 1.89 bits per heavy atom. The van der Waals surface area contributed by atoms with Gasteiger partial charge in [0.1, 0.15) is 17.2 Å². The minimum atomic E-state index is -3.06. The van der Waals surface area contributed by atoms with E-state index in [1.165, 1.54) is 18.2 Å². The number of Topliss-reactive ketones (excluding diaryl/α,β-unsaturated/α-hetero) is 1. The van der Waals surface area contributed by atoms with E-state index in [0.29, 0.717) is 43.9 Å². The highest BCUT2D eigenvalue weighted by Crippen LogP contribution is 2.42. The number of carbonyl (C=O) groups excluding carboxylic acids is 3. The number of rotatable bonds is 12. The molecular formula is C30H38F2N4O8. The smallest absolute Gasteiger partial charge is 0.408 e. The number of alkyl carbamates (subject to hydrolysis) is 2. The number of ketones is 1. The second-order valence-electron chi connectivity index (χ2n) is 12.5. The van der Waals surface area contributed by atoms with Crippen molar-refractivity contribution in [2.45, 2.75) is 89.7 Å². The molecule has 3 N–H and O–H groups in total. The number of benzene rings is 1. The van der Waals surface area contributed by atoms with Crippen LogP contribution in [-0.2, 0) is 9.47 Å². The quantitative estimate of drug-likeness (QED) is 0.273. The van der Waals surface area contributed by atoms with Crippen LogP contribution in [0.4, 0.5) is 18.4 Å². The van der Waals surface area contributed by atoms with E-state index >= 15 is 0 Å². The van der Waals surface area contributed by atoms with E-state index in [1.807, 2.05) is 0 Å². The number of hydrogen-bond acceptors (Lipinski definition) is 10. The number of amides is 2. The third-order valence-electron chi connectivity index (χ3n) is 7.39. The molecule has 240 valence electrons. The van der Waals surface area contributed by atoms with Gasteiger partial charge in [-0.1, -0.05) is 0 Å². The molecule has 1 aliphatic heterocycles. The number of nitrogens with zero attached hydrogens (tertiary/aromatic N) is 1. The van der Waals surface area contributed by atoms with Gasteiger partial charge in [-0.15, -0.1) is 0 Å². The molecule has 12 nitrogen and oxygen atoms in total. The van der Waals surface area contributed by atoms with E-state index in [9.17, 15) is 23.2 Å². The van der Waals surface area contributed by atoms with Crippen LogP contribution in [0.3, 0.4) is 0 Å². The maximum Gasteiger partial charge on any atom is 0.408 e. The summed E-state index contributed by atoms with van der Waals surface area (Å²) in [4.78, 5) is 43.7. The molecule has 44 heavy (non-hydrogen) atoms. The average molecular weight is 621 g/mol. The number of nitrogens with one attached hydrogen (secondary N) is 3. The Morgan fingerprint density at radius 3 is 2.50 bits per heavy atom. The number of carbonyl (C=O) groups is 3. The van der Waals surface area contributed by atoms with Crippen molar-refractivity contribution in [1.82, 2.24) is 20.9 Å². The second-order valence-corrected chi connectivity index (χ2v) is 12.5. The van der Waals surface area contributed by atoms with Gasteiger partial charge < -0.3 is 39.3 Å². The third kappa shape index (κ3) is 7.96. The molecule has 2 amide bonds. The highest BCUT2D eigenvalue weighted by Gasteiger charge is 2.54. The van der Waals surface area contributed by atoms with Gasteiger partial charge >= 0.3 is 18.8 Å². The largest absolute Gasteiger partial charge is 0.489 e. The lowest BCUT2D eigenvalue weighted by molar-refractivity contribution is -0.0515. The number of ether oxygens (including phenoxy) is 4. The molecule has 1 aromatic carbocycles. The van der Waals surface area contributed by atoms with E-state index in [4.69, 9.17) is 18.6 Å². The topological polar surface area (TPSA) is 150 Å². The summed E-state index contributed by atoms with van der Waals surface area (Å²) in [6.07, 6.45) is 1.64. The lowest BCUT2D eigenvalue weighted by Crippen LogP contribution is -2.45. The fourth-order valence-corrected chi connectivity index (χ4v) is 4.77. The van der Waals surface area contributed by atoms with Gasteiger partial charge in [-0.25, -0.2) is 14.6 Å². The molecule has 2 heterocycles. The van der Waals surface area contributed by atoms with Crippen LogP contribution in [0, 0.1) is 5.92 Å². The fourth-order valence-electron chi connectivity index (χ4n) is 4.77. The number of halogens is 2. The van der Waals surface area contributed by atoms with Gasteiger partial charge in [-0.3, -0.25) is 4.79 Å². The van der Waals surface area contributed by atoms with Gasteiger partial charge in [-0.2, -0.15) is 8.78 Å². The first-order valence-electron chi connectivity index (χ1n) is 14.8. The van der Waals surface area contributed by atoms with Gasteiger partial charge in [0.05, 0.1) is 12.6 Å². The zero-order chi connectivity index (χ0) is 31.6.